The highest BCUT2D eigenvalue weighted by atomic mass is 16.5. The van der Waals surface area contributed by atoms with Crippen LogP contribution in [0.3, 0.4) is 0 Å². The zero-order valence-corrected chi connectivity index (χ0v) is 12.6. The maximum absolute atomic E-state index is 5.11. The van der Waals surface area contributed by atoms with Crippen LogP contribution in [0, 0.1) is 13.8 Å². The summed E-state index contributed by atoms with van der Waals surface area (Å²) in [6, 6.07) is 2.09. The highest BCUT2D eigenvalue weighted by Crippen LogP contribution is 2.26. The molecule has 21 heavy (non-hydrogen) atoms. The van der Waals surface area contributed by atoms with Crippen molar-refractivity contribution in [2.24, 2.45) is 0 Å². The molecular formula is C14H20N6O. The van der Waals surface area contributed by atoms with E-state index in [0.29, 0.717) is 6.61 Å². The third kappa shape index (κ3) is 3.02. The van der Waals surface area contributed by atoms with E-state index in [9.17, 15) is 0 Å². The number of rotatable bonds is 4. The van der Waals surface area contributed by atoms with Crippen LogP contribution in [0.2, 0.25) is 0 Å². The first-order chi connectivity index (χ1) is 10.2. The number of hydrogen-bond acceptors (Lipinski definition) is 6. The molecule has 2 aromatic heterocycles. The molecule has 0 radical (unpaired) electrons. The van der Waals surface area contributed by atoms with Crippen molar-refractivity contribution >= 4 is 5.82 Å². The van der Waals surface area contributed by atoms with Crippen molar-refractivity contribution < 1.29 is 4.74 Å². The molecule has 0 aromatic carbocycles. The Labute approximate surface area is 123 Å². The molecule has 0 amide bonds. The van der Waals surface area contributed by atoms with Gasteiger partial charge in [0.25, 0.3) is 0 Å². The van der Waals surface area contributed by atoms with Crippen LogP contribution in [0.15, 0.2) is 6.07 Å². The van der Waals surface area contributed by atoms with Gasteiger partial charge >= 0.3 is 0 Å². The van der Waals surface area contributed by atoms with Crippen LogP contribution in [0.25, 0.3) is 0 Å². The largest absolute Gasteiger partial charge is 0.377 e. The van der Waals surface area contributed by atoms with Gasteiger partial charge in [0, 0.05) is 25.4 Å². The molecule has 1 N–H and O–H groups in total. The summed E-state index contributed by atoms with van der Waals surface area (Å²) < 4.78 is 7.08. The molecule has 3 rings (SSSR count). The Morgan fingerprint density at radius 3 is 2.95 bits per heavy atom. The molecule has 1 aliphatic heterocycles. The third-order valence-electron chi connectivity index (χ3n) is 3.48. The normalized spacial score (nSPS) is 17.6. The van der Waals surface area contributed by atoms with Crippen LogP contribution in [0.5, 0.6) is 0 Å². The molecular weight excluding hydrogens is 268 g/mol. The average Bonchev–Trinajstić information content (AvgIpc) is 2.81. The van der Waals surface area contributed by atoms with Gasteiger partial charge in [0.15, 0.2) is 5.82 Å². The van der Waals surface area contributed by atoms with E-state index in [-0.39, 0.29) is 6.04 Å². The van der Waals surface area contributed by atoms with Gasteiger partial charge in [-0.05, 0) is 26.7 Å². The first-order valence-electron chi connectivity index (χ1n) is 7.17. The van der Waals surface area contributed by atoms with Crippen LogP contribution >= 0.6 is 0 Å². The van der Waals surface area contributed by atoms with Crippen LogP contribution in [0.4, 0.5) is 5.82 Å². The molecule has 0 saturated carbocycles. The smallest absolute Gasteiger partial charge is 0.176 e. The number of nitrogens with zero attached hydrogens (tertiary/aromatic N) is 5. The second kappa shape index (κ2) is 5.77. The van der Waals surface area contributed by atoms with Crippen LogP contribution in [0.1, 0.15) is 42.1 Å². The molecule has 0 aliphatic carbocycles. The second-order valence-corrected chi connectivity index (χ2v) is 5.32. The van der Waals surface area contributed by atoms with E-state index in [1.54, 1.807) is 7.11 Å². The van der Waals surface area contributed by atoms with Gasteiger partial charge in [0.1, 0.15) is 24.1 Å². The van der Waals surface area contributed by atoms with E-state index in [4.69, 9.17) is 4.74 Å². The summed E-state index contributed by atoms with van der Waals surface area (Å²) >= 11 is 0. The van der Waals surface area contributed by atoms with Crippen LogP contribution in [-0.4, -0.2) is 31.8 Å². The van der Waals surface area contributed by atoms with E-state index >= 15 is 0 Å². The fraction of sp³-hybridized carbons (Fsp3) is 0.571. The van der Waals surface area contributed by atoms with Crippen molar-refractivity contribution in [1.82, 2.24) is 24.7 Å². The molecule has 0 fully saturated rings. The standard InChI is InChI=1S/C14H20N6O/c1-9-7-12(16-10(2)15-9)17-11-5-4-6-20-14(11)18-13(19-20)8-21-3/h7,11H,4-6,8H2,1-3H3,(H,15,16,17). The van der Waals surface area contributed by atoms with Gasteiger partial charge in [-0.15, -0.1) is 0 Å². The molecule has 0 saturated heterocycles. The monoisotopic (exact) mass is 288 g/mol. The van der Waals surface area contributed by atoms with Crippen molar-refractivity contribution in [2.75, 3.05) is 12.4 Å². The number of aromatic nitrogens is 5. The van der Waals surface area contributed by atoms with E-state index in [1.165, 1.54) is 0 Å². The predicted molar refractivity (Wildman–Crippen MR) is 77.8 cm³/mol. The Kier molecular flexibility index (Phi) is 3.83. The number of methoxy groups -OCH3 is 1. The number of hydrogen-bond donors (Lipinski definition) is 1. The maximum Gasteiger partial charge on any atom is 0.176 e. The first-order valence-corrected chi connectivity index (χ1v) is 7.17. The van der Waals surface area contributed by atoms with E-state index in [1.807, 2.05) is 24.6 Å². The van der Waals surface area contributed by atoms with Gasteiger partial charge in [-0.2, -0.15) is 5.10 Å². The number of nitrogens with one attached hydrogen (secondary N) is 1. The Morgan fingerprint density at radius 2 is 2.19 bits per heavy atom. The number of fused-ring (bicyclic) bond motifs is 1. The van der Waals surface area contributed by atoms with Crippen molar-refractivity contribution in [3.63, 3.8) is 0 Å². The predicted octanol–water partition coefficient (Wildman–Crippen LogP) is 1.78. The number of anilines is 1. The molecule has 7 nitrogen and oxygen atoms in total. The van der Waals surface area contributed by atoms with Gasteiger partial charge in [-0.25, -0.2) is 19.6 Å². The van der Waals surface area contributed by atoms with E-state index in [2.05, 4.69) is 25.4 Å². The van der Waals surface area contributed by atoms with Crippen molar-refractivity contribution in [3.05, 3.63) is 29.2 Å². The Hall–Kier alpha value is -2.02. The first kappa shape index (κ1) is 13.9. The second-order valence-electron chi connectivity index (χ2n) is 5.32. The quantitative estimate of drug-likeness (QED) is 0.924. The molecule has 2 aromatic rings. The minimum absolute atomic E-state index is 0.130. The van der Waals surface area contributed by atoms with Crippen LogP contribution < -0.4 is 5.32 Å². The van der Waals surface area contributed by atoms with Gasteiger partial charge in [-0.1, -0.05) is 0 Å². The summed E-state index contributed by atoms with van der Waals surface area (Å²) in [5.74, 6) is 3.31. The lowest BCUT2D eigenvalue weighted by atomic mass is 10.1. The molecule has 0 bridgehead atoms. The molecule has 1 atom stereocenters. The third-order valence-corrected chi connectivity index (χ3v) is 3.48. The van der Waals surface area contributed by atoms with Crippen molar-refractivity contribution in [2.45, 2.75) is 45.9 Å². The zero-order valence-electron chi connectivity index (χ0n) is 12.6. The Bertz CT molecular complexity index is 618. The topological polar surface area (TPSA) is 77.8 Å². The van der Waals surface area contributed by atoms with Gasteiger partial charge < -0.3 is 10.1 Å². The summed E-state index contributed by atoms with van der Waals surface area (Å²) in [6.07, 6.45) is 2.09. The lowest BCUT2D eigenvalue weighted by Gasteiger charge is -2.23. The summed E-state index contributed by atoms with van der Waals surface area (Å²) in [5.41, 5.74) is 0.961. The molecule has 1 unspecified atom stereocenters. The summed E-state index contributed by atoms with van der Waals surface area (Å²) in [5, 5.41) is 7.93. The van der Waals surface area contributed by atoms with Crippen molar-refractivity contribution in [3.8, 4) is 0 Å². The molecule has 1 aliphatic rings. The lowest BCUT2D eigenvalue weighted by molar-refractivity contribution is 0.177. The van der Waals surface area contributed by atoms with Gasteiger partial charge in [0.2, 0.25) is 0 Å². The van der Waals surface area contributed by atoms with Crippen molar-refractivity contribution in [1.29, 1.82) is 0 Å². The van der Waals surface area contributed by atoms with Gasteiger partial charge in [-0.3, -0.25) is 0 Å². The fourth-order valence-electron chi connectivity index (χ4n) is 2.70. The van der Waals surface area contributed by atoms with E-state index < -0.39 is 0 Å². The molecule has 112 valence electrons. The average molecular weight is 288 g/mol. The Balaban J connectivity index is 1.84. The van der Waals surface area contributed by atoms with Gasteiger partial charge in [0.05, 0.1) is 6.04 Å². The van der Waals surface area contributed by atoms with E-state index in [0.717, 1.165) is 48.4 Å². The fourth-order valence-corrected chi connectivity index (χ4v) is 2.70. The maximum atomic E-state index is 5.11. The lowest BCUT2D eigenvalue weighted by Crippen LogP contribution is -2.23. The van der Waals surface area contributed by atoms with Crippen LogP contribution in [-0.2, 0) is 17.9 Å². The highest BCUT2D eigenvalue weighted by molar-refractivity contribution is 5.38. The molecule has 7 heteroatoms. The number of ether oxygens (including phenoxy) is 1. The minimum atomic E-state index is 0.130. The summed E-state index contributed by atoms with van der Waals surface area (Å²) in [6.45, 7) is 5.22. The molecule has 0 spiro atoms. The Morgan fingerprint density at radius 1 is 1.33 bits per heavy atom. The SMILES string of the molecule is COCc1nc2n(n1)CCCC2Nc1cc(C)nc(C)n1. The highest BCUT2D eigenvalue weighted by Gasteiger charge is 2.24. The number of aryl methyl sites for hydroxylation is 3. The molecule has 3 heterocycles. The summed E-state index contributed by atoms with van der Waals surface area (Å²) in [4.78, 5) is 13.3. The summed E-state index contributed by atoms with van der Waals surface area (Å²) in [7, 11) is 1.65. The zero-order chi connectivity index (χ0) is 14.8. The minimum Gasteiger partial charge on any atom is -0.377 e.